The van der Waals surface area contributed by atoms with E-state index in [1.165, 1.54) is 5.56 Å². The summed E-state index contributed by atoms with van der Waals surface area (Å²) in [7, 11) is 0. The van der Waals surface area contributed by atoms with Gasteiger partial charge >= 0.3 is 0 Å². The Bertz CT molecular complexity index is 977. The van der Waals surface area contributed by atoms with Gasteiger partial charge in [0.2, 0.25) is 0 Å². The van der Waals surface area contributed by atoms with E-state index in [0.717, 1.165) is 43.9 Å². The molecule has 8 nitrogen and oxygen atoms in total. The van der Waals surface area contributed by atoms with Crippen LogP contribution in [0.4, 0.5) is 0 Å². The highest BCUT2D eigenvalue weighted by Crippen LogP contribution is 2.40. The van der Waals surface area contributed by atoms with E-state index >= 15 is 0 Å². The molecule has 8 heteroatoms. The number of carbonyl (C=O) groups excluding carboxylic acids is 1. The normalized spacial score (nSPS) is 20.7. The second-order valence-electron chi connectivity index (χ2n) is 7.99. The van der Waals surface area contributed by atoms with Crippen molar-refractivity contribution < 1.29 is 13.9 Å². The summed E-state index contributed by atoms with van der Waals surface area (Å²) >= 11 is 0. The molecule has 30 heavy (non-hydrogen) atoms. The van der Waals surface area contributed by atoms with Gasteiger partial charge in [-0.1, -0.05) is 6.07 Å². The molecule has 1 atom stereocenters. The van der Waals surface area contributed by atoms with E-state index in [2.05, 4.69) is 24.8 Å². The Hall–Kier alpha value is -2.97. The average Bonchev–Trinajstić information content (AvgIpc) is 3.47. The molecule has 1 spiro atoms. The fraction of sp³-hybridized carbons (Fsp3) is 0.409. The first-order chi connectivity index (χ1) is 14.7. The van der Waals surface area contributed by atoms with Crippen molar-refractivity contribution in [3.63, 3.8) is 0 Å². The van der Waals surface area contributed by atoms with Crippen molar-refractivity contribution in [2.45, 2.75) is 44.2 Å². The number of piperidine rings is 1. The zero-order valence-electron chi connectivity index (χ0n) is 16.7. The third-order valence-corrected chi connectivity index (χ3v) is 5.99. The lowest BCUT2D eigenvalue weighted by molar-refractivity contribution is -0.174. The number of carbonyl (C=O) groups is 1. The van der Waals surface area contributed by atoms with Gasteiger partial charge in [0, 0.05) is 56.5 Å². The first-order valence-electron chi connectivity index (χ1n) is 10.3. The van der Waals surface area contributed by atoms with Gasteiger partial charge in [-0.25, -0.2) is 4.98 Å². The van der Waals surface area contributed by atoms with Gasteiger partial charge in [0.05, 0.1) is 19.1 Å². The van der Waals surface area contributed by atoms with Crippen LogP contribution >= 0.6 is 0 Å². The first kappa shape index (κ1) is 19.0. The van der Waals surface area contributed by atoms with Crippen molar-refractivity contribution in [2.75, 3.05) is 13.1 Å². The molecule has 2 aliphatic heterocycles. The van der Waals surface area contributed by atoms with E-state index < -0.39 is 11.7 Å². The number of furan rings is 1. The third-order valence-electron chi connectivity index (χ3n) is 5.99. The van der Waals surface area contributed by atoms with Crippen LogP contribution < -0.4 is 5.32 Å². The molecule has 5 heterocycles. The Balaban J connectivity index is 1.27. The Labute approximate surface area is 174 Å². The number of nitrogens with zero attached hydrogens (tertiary/aromatic N) is 4. The summed E-state index contributed by atoms with van der Waals surface area (Å²) in [5.41, 5.74) is 1.61. The van der Waals surface area contributed by atoms with Crippen molar-refractivity contribution in [3.8, 4) is 0 Å². The number of fused-ring (bicyclic) bond motifs is 2. The van der Waals surface area contributed by atoms with Gasteiger partial charge in [-0.15, -0.1) is 0 Å². The standard InChI is InChI=1S/C22H25N5O3/c28-20(25-13-17-2-1-6-23-12-17)19-15-27-10-7-24-21(27)22(30-19)4-8-26(9-5-22)14-18-3-11-29-16-18/h1-3,6-7,10-12,16,19H,4-5,8-9,13-15H2,(H,25,28). The number of likely N-dealkylation sites (tertiary alicyclic amines) is 1. The van der Waals surface area contributed by atoms with Crippen molar-refractivity contribution >= 4 is 5.91 Å². The van der Waals surface area contributed by atoms with Crippen LogP contribution in [0.2, 0.25) is 0 Å². The van der Waals surface area contributed by atoms with Crippen molar-refractivity contribution in [2.24, 2.45) is 0 Å². The molecule has 1 fully saturated rings. The molecule has 0 radical (unpaired) electrons. The number of amides is 1. The predicted octanol–water partition coefficient (Wildman–Crippen LogP) is 2.08. The number of hydrogen-bond acceptors (Lipinski definition) is 6. The van der Waals surface area contributed by atoms with E-state index in [1.54, 1.807) is 31.1 Å². The van der Waals surface area contributed by atoms with Gasteiger partial charge in [-0.3, -0.25) is 14.7 Å². The molecule has 3 aromatic heterocycles. The average molecular weight is 407 g/mol. The molecule has 2 aliphatic rings. The van der Waals surface area contributed by atoms with Gasteiger partial charge in [0.1, 0.15) is 11.4 Å². The molecule has 3 aromatic rings. The van der Waals surface area contributed by atoms with Crippen LogP contribution in [0.5, 0.6) is 0 Å². The fourth-order valence-corrected chi connectivity index (χ4v) is 4.39. The Kier molecular flexibility index (Phi) is 5.10. The SMILES string of the molecule is O=C(NCc1cccnc1)C1Cn2ccnc2C2(CCN(Cc3ccoc3)CC2)O1. The molecular weight excluding hydrogens is 382 g/mol. The Morgan fingerprint density at radius 2 is 2.13 bits per heavy atom. The maximum Gasteiger partial charge on any atom is 0.251 e. The lowest BCUT2D eigenvalue weighted by Gasteiger charge is -2.45. The summed E-state index contributed by atoms with van der Waals surface area (Å²) in [6, 6.07) is 5.81. The number of imidazole rings is 1. The largest absolute Gasteiger partial charge is 0.472 e. The molecule has 0 saturated carbocycles. The Morgan fingerprint density at radius 3 is 2.90 bits per heavy atom. The van der Waals surface area contributed by atoms with Crippen LogP contribution in [0.15, 0.2) is 59.9 Å². The summed E-state index contributed by atoms with van der Waals surface area (Å²) < 4.78 is 13.7. The molecule has 1 unspecified atom stereocenters. The fourth-order valence-electron chi connectivity index (χ4n) is 4.39. The minimum Gasteiger partial charge on any atom is -0.472 e. The molecule has 0 aromatic carbocycles. The molecule has 0 aliphatic carbocycles. The molecule has 1 saturated heterocycles. The van der Waals surface area contributed by atoms with Crippen LogP contribution in [0.3, 0.4) is 0 Å². The van der Waals surface area contributed by atoms with E-state index in [-0.39, 0.29) is 5.91 Å². The number of aromatic nitrogens is 3. The summed E-state index contributed by atoms with van der Waals surface area (Å²) in [6.45, 7) is 3.53. The van der Waals surface area contributed by atoms with Gasteiger partial charge in [0.15, 0.2) is 6.10 Å². The van der Waals surface area contributed by atoms with Crippen molar-refractivity contribution in [3.05, 3.63) is 72.5 Å². The molecule has 1 amide bonds. The maximum absolute atomic E-state index is 12.9. The van der Waals surface area contributed by atoms with E-state index in [0.29, 0.717) is 13.1 Å². The predicted molar refractivity (Wildman–Crippen MR) is 108 cm³/mol. The molecular formula is C22H25N5O3. The zero-order chi connectivity index (χ0) is 20.4. The highest BCUT2D eigenvalue weighted by molar-refractivity contribution is 5.80. The minimum atomic E-state index is -0.538. The molecule has 0 bridgehead atoms. The van der Waals surface area contributed by atoms with E-state index in [1.807, 2.05) is 24.4 Å². The van der Waals surface area contributed by atoms with Crippen LogP contribution in [-0.2, 0) is 34.8 Å². The Morgan fingerprint density at radius 1 is 1.23 bits per heavy atom. The smallest absolute Gasteiger partial charge is 0.251 e. The van der Waals surface area contributed by atoms with Gasteiger partial charge < -0.3 is 19.0 Å². The second kappa shape index (κ2) is 8.04. The topological polar surface area (TPSA) is 85.4 Å². The third kappa shape index (κ3) is 3.76. The zero-order valence-corrected chi connectivity index (χ0v) is 16.7. The van der Waals surface area contributed by atoms with Gasteiger partial charge in [-0.2, -0.15) is 0 Å². The molecule has 5 rings (SSSR count). The van der Waals surface area contributed by atoms with Gasteiger partial charge in [-0.05, 0) is 30.5 Å². The molecule has 1 N–H and O–H groups in total. The molecule has 156 valence electrons. The number of ether oxygens (including phenoxy) is 1. The number of nitrogens with one attached hydrogen (secondary N) is 1. The number of rotatable bonds is 5. The lowest BCUT2D eigenvalue weighted by atomic mass is 9.88. The quantitative estimate of drug-likeness (QED) is 0.697. The highest BCUT2D eigenvalue weighted by Gasteiger charge is 2.47. The minimum absolute atomic E-state index is 0.0987. The van der Waals surface area contributed by atoms with Crippen molar-refractivity contribution in [1.29, 1.82) is 0 Å². The number of pyridine rings is 1. The van der Waals surface area contributed by atoms with E-state index in [4.69, 9.17) is 9.15 Å². The van der Waals surface area contributed by atoms with Crippen LogP contribution in [0.1, 0.15) is 29.8 Å². The summed E-state index contributed by atoms with van der Waals surface area (Å²) in [6.07, 6.45) is 11.8. The number of hydrogen-bond donors (Lipinski definition) is 1. The van der Waals surface area contributed by atoms with Crippen LogP contribution in [0.25, 0.3) is 0 Å². The summed E-state index contributed by atoms with van der Waals surface area (Å²) in [4.78, 5) is 24.0. The first-order valence-corrected chi connectivity index (χ1v) is 10.3. The summed E-state index contributed by atoms with van der Waals surface area (Å²) in [5.74, 6) is 0.833. The van der Waals surface area contributed by atoms with Crippen LogP contribution in [0, 0.1) is 0 Å². The van der Waals surface area contributed by atoms with E-state index in [9.17, 15) is 4.79 Å². The summed E-state index contributed by atoms with van der Waals surface area (Å²) in [5, 5.41) is 2.99. The highest BCUT2D eigenvalue weighted by atomic mass is 16.5. The van der Waals surface area contributed by atoms with Crippen LogP contribution in [-0.4, -0.2) is 44.5 Å². The maximum atomic E-state index is 12.9. The second-order valence-corrected chi connectivity index (χ2v) is 7.99. The van der Waals surface area contributed by atoms with Gasteiger partial charge in [0.25, 0.3) is 5.91 Å². The van der Waals surface area contributed by atoms with Crippen molar-refractivity contribution in [1.82, 2.24) is 24.8 Å². The monoisotopic (exact) mass is 407 g/mol. The lowest BCUT2D eigenvalue weighted by Crippen LogP contribution is -2.53.